The van der Waals surface area contributed by atoms with Gasteiger partial charge in [-0.15, -0.1) is 11.3 Å². The van der Waals surface area contributed by atoms with Crippen LogP contribution in [-0.4, -0.2) is 22.1 Å². The van der Waals surface area contributed by atoms with Crippen molar-refractivity contribution in [2.24, 2.45) is 0 Å². The minimum Gasteiger partial charge on any atom is -0.505 e. The molecule has 0 aliphatic heterocycles. The van der Waals surface area contributed by atoms with E-state index in [1.54, 1.807) is 6.20 Å². The molecule has 1 aromatic carbocycles. The summed E-state index contributed by atoms with van der Waals surface area (Å²) < 4.78 is 14.0. The van der Waals surface area contributed by atoms with Crippen LogP contribution in [-0.2, 0) is 0 Å². The zero-order valence-electron chi connectivity index (χ0n) is 12.3. The van der Waals surface area contributed by atoms with Crippen LogP contribution in [0.15, 0.2) is 42.6 Å². The van der Waals surface area contributed by atoms with Crippen molar-refractivity contribution in [1.29, 1.82) is 0 Å². The number of pyridine rings is 1. The molecule has 116 valence electrons. The SMILES string of the molecule is CNc1ccc(/C=C/C=C/c2nc3cc(F)c(O)cc3s2)cn1. The van der Waals surface area contributed by atoms with Gasteiger partial charge in [0.2, 0.25) is 0 Å². The van der Waals surface area contributed by atoms with Crippen LogP contribution < -0.4 is 5.32 Å². The van der Waals surface area contributed by atoms with E-state index in [1.165, 1.54) is 23.5 Å². The number of phenols is 1. The van der Waals surface area contributed by atoms with Crippen LogP contribution in [0, 0.1) is 5.82 Å². The average molecular weight is 327 g/mol. The normalized spacial score (nSPS) is 11.7. The molecule has 0 saturated heterocycles. The Balaban J connectivity index is 1.73. The van der Waals surface area contributed by atoms with Gasteiger partial charge in [0.1, 0.15) is 10.8 Å². The molecule has 2 aromatic heterocycles. The van der Waals surface area contributed by atoms with Gasteiger partial charge < -0.3 is 10.4 Å². The zero-order chi connectivity index (χ0) is 16.2. The van der Waals surface area contributed by atoms with E-state index in [0.29, 0.717) is 5.52 Å². The molecule has 0 aliphatic carbocycles. The van der Waals surface area contributed by atoms with Gasteiger partial charge in [-0.05, 0) is 23.8 Å². The van der Waals surface area contributed by atoms with Crippen molar-refractivity contribution in [1.82, 2.24) is 9.97 Å². The summed E-state index contributed by atoms with van der Waals surface area (Å²) in [7, 11) is 1.82. The van der Waals surface area contributed by atoms with E-state index in [-0.39, 0.29) is 5.75 Å². The number of fused-ring (bicyclic) bond motifs is 1. The number of hydrogen-bond acceptors (Lipinski definition) is 5. The fourth-order valence-corrected chi connectivity index (χ4v) is 2.88. The largest absolute Gasteiger partial charge is 0.505 e. The predicted octanol–water partition coefficient (Wildman–Crippen LogP) is 4.30. The lowest BCUT2D eigenvalue weighted by Crippen LogP contribution is -1.90. The second-order valence-electron chi connectivity index (χ2n) is 4.77. The van der Waals surface area contributed by atoms with Crippen LogP contribution in [0.3, 0.4) is 0 Å². The van der Waals surface area contributed by atoms with E-state index in [0.717, 1.165) is 21.1 Å². The number of aromatic nitrogens is 2. The highest BCUT2D eigenvalue weighted by molar-refractivity contribution is 7.19. The van der Waals surface area contributed by atoms with Crippen LogP contribution in [0.25, 0.3) is 22.4 Å². The smallest absolute Gasteiger partial charge is 0.167 e. The van der Waals surface area contributed by atoms with Crippen molar-refractivity contribution in [2.45, 2.75) is 0 Å². The Bertz CT molecular complexity index is 846. The molecule has 0 spiro atoms. The summed E-state index contributed by atoms with van der Waals surface area (Å²) in [6.07, 6.45) is 9.30. The maximum Gasteiger partial charge on any atom is 0.167 e. The molecule has 0 aliphatic rings. The number of hydrogen-bond donors (Lipinski definition) is 2. The molecule has 4 nitrogen and oxygen atoms in total. The molecule has 0 bridgehead atoms. The first-order valence-electron chi connectivity index (χ1n) is 6.93. The number of thiazole rings is 1. The van der Waals surface area contributed by atoms with E-state index in [1.807, 2.05) is 43.5 Å². The highest BCUT2D eigenvalue weighted by atomic mass is 32.1. The summed E-state index contributed by atoms with van der Waals surface area (Å²) in [4.78, 5) is 8.53. The Morgan fingerprint density at radius 1 is 1.22 bits per heavy atom. The molecule has 6 heteroatoms. The van der Waals surface area contributed by atoms with Gasteiger partial charge >= 0.3 is 0 Å². The minimum absolute atomic E-state index is 0.353. The molecule has 3 rings (SSSR count). The molecule has 23 heavy (non-hydrogen) atoms. The third kappa shape index (κ3) is 3.54. The number of allylic oxidation sites excluding steroid dienone is 2. The van der Waals surface area contributed by atoms with E-state index in [9.17, 15) is 9.50 Å². The van der Waals surface area contributed by atoms with Gasteiger partial charge in [0.15, 0.2) is 11.6 Å². The van der Waals surface area contributed by atoms with Crippen molar-refractivity contribution >= 4 is 39.5 Å². The number of nitrogens with zero attached hydrogens (tertiary/aromatic N) is 2. The second-order valence-corrected chi connectivity index (χ2v) is 5.83. The van der Waals surface area contributed by atoms with Crippen molar-refractivity contribution < 1.29 is 9.50 Å². The molecule has 0 unspecified atom stereocenters. The van der Waals surface area contributed by atoms with E-state index in [4.69, 9.17) is 0 Å². The Kier molecular flexibility index (Phi) is 4.34. The Morgan fingerprint density at radius 3 is 2.78 bits per heavy atom. The van der Waals surface area contributed by atoms with Crippen molar-refractivity contribution in [3.63, 3.8) is 0 Å². The lowest BCUT2D eigenvalue weighted by molar-refractivity contribution is 0.434. The number of phenolic OH excluding ortho intramolecular Hbond substituents is 1. The third-order valence-electron chi connectivity index (χ3n) is 3.15. The van der Waals surface area contributed by atoms with Crippen LogP contribution >= 0.6 is 11.3 Å². The predicted molar refractivity (Wildman–Crippen MR) is 93.1 cm³/mol. The van der Waals surface area contributed by atoms with Gasteiger partial charge in [0.25, 0.3) is 0 Å². The standard InChI is InChI=1S/C17H14FN3OS/c1-19-16-7-6-11(10-20-16)4-2-3-5-17-21-13-8-12(18)14(22)9-15(13)23-17/h2-10,22H,1H3,(H,19,20)/b4-2+,5-3+. The summed E-state index contributed by atoms with van der Waals surface area (Å²) in [5.41, 5.74) is 1.53. The number of benzene rings is 1. The van der Waals surface area contributed by atoms with E-state index in [2.05, 4.69) is 15.3 Å². The summed E-state index contributed by atoms with van der Waals surface area (Å²) >= 11 is 1.39. The molecule has 0 radical (unpaired) electrons. The highest BCUT2D eigenvalue weighted by Gasteiger charge is 2.07. The maximum atomic E-state index is 13.3. The molecule has 3 aromatic rings. The quantitative estimate of drug-likeness (QED) is 0.701. The van der Waals surface area contributed by atoms with Gasteiger partial charge in [0, 0.05) is 25.4 Å². The van der Waals surface area contributed by atoms with Crippen LogP contribution in [0.4, 0.5) is 10.2 Å². The Labute approximate surface area is 136 Å². The molecule has 0 fully saturated rings. The molecular weight excluding hydrogens is 313 g/mol. The molecule has 0 amide bonds. The number of rotatable bonds is 4. The Hall–Kier alpha value is -2.73. The molecule has 2 heterocycles. The van der Waals surface area contributed by atoms with Gasteiger partial charge in [-0.3, -0.25) is 0 Å². The monoisotopic (exact) mass is 327 g/mol. The van der Waals surface area contributed by atoms with Crippen LogP contribution in [0.2, 0.25) is 0 Å². The second kappa shape index (κ2) is 6.58. The van der Waals surface area contributed by atoms with Crippen LogP contribution in [0.5, 0.6) is 5.75 Å². The number of anilines is 1. The first kappa shape index (κ1) is 15.2. The van der Waals surface area contributed by atoms with Gasteiger partial charge in [-0.2, -0.15) is 0 Å². The first-order chi connectivity index (χ1) is 11.2. The summed E-state index contributed by atoms with van der Waals surface area (Å²) in [5, 5.41) is 13.1. The molecule has 0 atom stereocenters. The van der Waals surface area contributed by atoms with Crippen molar-refractivity contribution in [3.8, 4) is 5.75 Å². The van der Waals surface area contributed by atoms with Gasteiger partial charge in [-0.25, -0.2) is 14.4 Å². The fraction of sp³-hybridized carbons (Fsp3) is 0.0588. The van der Waals surface area contributed by atoms with Crippen molar-refractivity contribution in [3.05, 3.63) is 59.0 Å². The maximum absolute atomic E-state index is 13.3. The summed E-state index contributed by atoms with van der Waals surface area (Å²) in [5.74, 6) is -0.188. The number of nitrogens with one attached hydrogen (secondary N) is 1. The van der Waals surface area contributed by atoms with Crippen LogP contribution in [0.1, 0.15) is 10.6 Å². The number of aromatic hydroxyl groups is 1. The van der Waals surface area contributed by atoms with Crippen molar-refractivity contribution in [2.75, 3.05) is 12.4 Å². The zero-order valence-corrected chi connectivity index (χ0v) is 13.1. The minimum atomic E-state index is -0.657. The van der Waals surface area contributed by atoms with E-state index < -0.39 is 5.82 Å². The molecular formula is C17H14FN3OS. The van der Waals surface area contributed by atoms with E-state index >= 15 is 0 Å². The fourth-order valence-electron chi connectivity index (χ4n) is 1.98. The lowest BCUT2D eigenvalue weighted by Gasteiger charge is -1.97. The lowest BCUT2D eigenvalue weighted by atomic mass is 10.2. The van der Waals surface area contributed by atoms with Gasteiger partial charge in [0.05, 0.1) is 10.2 Å². The summed E-state index contributed by atoms with van der Waals surface area (Å²) in [6, 6.07) is 6.50. The average Bonchev–Trinajstić information content (AvgIpc) is 2.94. The topological polar surface area (TPSA) is 58.0 Å². The highest BCUT2D eigenvalue weighted by Crippen LogP contribution is 2.28. The van der Waals surface area contributed by atoms with Gasteiger partial charge in [-0.1, -0.05) is 18.2 Å². The Morgan fingerprint density at radius 2 is 2.04 bits per heavy atom. The first-order valence-corrected chi connectivity index (χ1v) is 7.75. The molecule has 0 saturated carbocycles. The number of halogens is 1. The third-order valence-corrected chi connectivity index (χ3v) is 4.14. The summed E-state index contributed by atoms with van der Waals surface area (Å²) in [6.45, 7) is 0. The molecule has 2 N–H and O–H groups in total.